The second-order valence-electron chi connectivity index (χ2n) is 10.0. The average Bonchev–Trinajstić information content (AvgIpc) is 3.35. The van der Waals surface area contributed by atoms with Gasteiger partial charge in [-0.25, -0.2) is 14.8 Å². The standard InChI is InChI=1S/C28H28N8O4S/c1-3-20(37)32-16-7-4-5-8-17(16)33-26(38)25-24-23-18(10-12-29-27(23)41-25)36(28(39)34-24)19-14-30-22(13-15(19)2)40-21-9-6-11-31-35-21/h3,6,9-14,16-17,24-25H,1,4-5,7-8H2,2H3,(H,32,37)(H,33,38)(H,34,39)/t16-,17+,24?,25?/m0/s1. The van der Waals surface area contributed by atoms with Crippen molar-refractivity contribution < 1.29 is 19.1 Å². The highest BCUT2D eigenvalue weighted by Crippen LogP contribution is 2.51. The van der Waals surface area contributed by atoms with Gasteiger partial charge in [0, 0.05) is 42.2 Å². The van der Waals surface area contributed by atoms with Crippen LogP contribution in [0.25, 0.3) is 0 Å². The van der Waals surface area contributed by atoms with E-state index in [1.54, 1.807) is 47.8 Å². The van der Waals surface area contributed by atoms with Gasteiger partial charge in [0.05, 0.1) is 23.6 Å². The molecule has 12 nitrogen and oxygen atoms in total. The lowest BCUT2D eigenvalue weighted by Gasteiger charge is -2.36. The number of thioether (sulfide) groups is 1. The zero-order chi connectivity index (χ0) is 28.5. The Hall–Kier alpha value is -4.52. The summed E-state index contributed by atoms with van der Waals surface area (Å²) in [6.45, 7) is 5.39. The molecule has 3 aliphatic rings. The van der Waals surface area contributed by atoms with Crippen LogP contribution >= 0.6 is 11.8 Å². The molecule has 0 spiro atoms. The van der Waals surface area contributed by atoms with Gasteiger partial charge < -0.3 is 20.7 Å². The summed E-state index contributed by atoms with van der Waals surface area (Å²) >= 11 is 1.33. The zero-order valence-electron chi connectivity index (χ0n) is 22.2. The maximum atomic E-state index is 13.6. The summed E-state index contributed by atoms with van der Waals surface area (Å²) in [5.74, 6) is 0.164. The SMILES string of the molecule is C=CC(=O)N[C@H]1CCCC[C@H]1NC(=O)C1Sc2nccc3c2C1NC(=O)N3c1cnc(Oc2cccnn2)cc1C. The molecule has 0 bridgehead atoms. The number of hydrogen-bond acceptors (Lipinski definition) is 9. The fraction of sp³-hybridized carbons (Fsp3) is 0.321. The molecule has 0 aromatic carbocycles. The normalized spacial score (nSPS) is 22.8. The van der Waals surface area contributed by atoms with Crippen LogP contribution in [0, 0.1) is 6.92 Å². The van der Waals surface area contributed by atoms with Crippen molar-refractivity contribution in [2.45, 2.75) is 61.0 Å². The van der Waals surface area contributed by atoms with E-state index < -0.39 is 11.3 Å². The van der Waals surface area contributed by atoms with Crippen LogP contribution in [0.4, 0.5) is 16.2 Å². The number of urea groups is 1. The highest BCUT2D eigenvalue weighted by Gasteiger charge is 2.47. The van der Waals surface area contributed by atoms with Crippen molar-refractivity contribution in [3.63, 3.8) is 0 Å². The molecule has 6 rings (SSSR count). The minimum atomic E-state index is -0.607. The summed E-state index contributed by atoms with van der Waals surface area (Å²) < 4.78 is 5.69. The third-order valence-corrected chi connectivity index (χ3v) is 8.72. The van der Waals surface area contributed by atoms with Crippen LogP contribution in [-0.4, -0.2) is 55.3 Å². The molecule has 4 amide bonds. The first kappa shape index (κ1) is 26.7. The van der Waals surface area contributed by atoms with Gasteiger partial charge in [0.2, 0.25) is 23.6 Å². The number of nitrogens with zero attached hydrogens (tertiary/aromatic N) is 5. The molecule has 2 aliphatic heterocycles. The number of nitrogens with one attached hydrogen (secondary N) is 3. The summed E-state index contributed by atoms with van der Waals surface area (Å²) in [5.41, 5.74) is 2.76. The van der Waals surface area contributed by atoms with Crippen molar-refractivity contribution >= 4 is 41.0 Å². The molecule has 1 fully saturated rings. The lowest BCUT2D eigenvalue weighted by molar-refractivity contribution is -0.123. The quantitative estimate of drug-likeness (QED) is 0.362. The Morgan fingerprint density at radius 2 is 1.93 bits per heavy atom. The van der Waals surface area contributed by atoms with Gasteiger partial charge >= 0.3 is 6.03 Å². The lowest BCUT2D eigenvalue weighted by Crippen LogP contribution is -2.56. The van der Waals surface area contributed by atoms with Crippen LogP contribution in [-0.2, 0) is 9.59 Å². The monoisotopic (exact) mass is 572 g/mol. The Bertz CT molecular complexity index is 1520. The molecule has 0 saturated heterocycles. The minimum absolute atomic E-state index is 0.173. The molecule has 4 atom stereocenters. The van der Waals surface area contributed by atoms with Gasteiger partial charge in [-0.15, -0.1) is 5.10 Å². The van der Waals surface area contributed by atoms with Crippen LogP contribution in [0.2, 0.25) is 0 Å². The molecule has 3 aromatic heterocycles. The third kappa shape index (κ3) is 5.20. The molecule has 3 aromatic rings. The first-order chi connectivity index (χ1) is 19.9. The largest absolute Gasteiger partial charge is 0.419 e. The number of carbonyl (C=O) groups is 3. The van der Waals surface area contributed by atoms with E-state index in [-0.39, 0.29) is 29.9 Å². The average molecular weight is 573 g/mol. The number of amides is 4. The molecule has 41 heavy (non-hydrogen) atoms. The third-order valence-electron chi connectivity index (χ3n) is 7.43. The molecular weight excluding hydrogens is 544 g/mol. The molecule has 1 aliphatic carbocycles. The predicted octanol–water partition coefficient (Wildman–Crippen LogP) is 3.47. The van der Waals surface area contributed by atoms with Gasteiger partial charge in [0.1, 0.15) is 10.3 Å². The first-order valence-corrected chi connectivity index (χ1v) is 14.2. The Kier molecular flexibility index (Phi) is 7.26. The second-order valence-corrected chi connectivity index (χ2v) is 11.2. The van der Waals surface area contributed by atoms with Crippen molar-refractivity contribution in [2.75, 3.05) is 4.90 Å². The maximum Gasteiger partial charge on any atom is 0.327 e. The molecule has 0 radical (unpaired) electrons. The van der Waals surface area contributed by atoms with E-state index in [4.69, 9.17) is 4.74 Å². The fourth-order valence-electron chi connectivity index (χ4n) is 5.51. The first-order valence-electron chi connectivity index (χ1n) is 13.3. The minimum Gasteiger partial charge on any atom is -0.419 e. The van der Waals surface area contributed by atoms with E-state index in [0.29, 0.717) is 28.2 Å². The summed E-state index contributed by atoms with van der Waals surface area (Å²) in [4.78, 5) is 49.6. The van der Waals surface area contributed by atoms with E-state index in [0.717, 1.165) is 36.8 Å². The lowest BCUT2D eigenvalue weighted by atomic mass is 9.89. The van der Waals surface area contributed by atoms with E-state index in [9.17, 15) is 14.4 Å². The predicted molar refractivity (Wildman–Crippen MR) is 151 cm³/mol. The summed E-state index contributed by atoms with van der Waals surface area (Å²) in [7, 11) is 0. The molecule has 13 heteroatoms. The molecular formula is C28H28N8O4S. The maximum absolute atomic E-state index is 13.6. The van der Waals surface area contributed by atoms with Gasteiger partial charge in [-0.3, -0.25) is 14.5 Å². The number of anilines is 2. The smallest absolute Gasteiger partial charge is 0.327 e. The number of carbonyl (C=O) groups excluding carboxylic acids is 3. The highest BCUT2D eigenvalue weighted by atomic mass is 32.2. The van der Waals surface area contributed by atoms with Crippen LogP contribution in [0.1, 0.15) is 42.9 Å². The van der Waals surface area contributed by atoms with Gasteiger partial charge in [-0.05, 0) is 43.5 Å². The Labute approximate surface area is 240 Å². The van der Waals surface area contributed by atoms with Gasteiger partial charge in [-0.1, -0.05) is 31.2 Å². The second kappa shape index (κ2) is 11.2. The summed E-state index contributed by atoms with van der Waals surface area (Å²) in [6.07, 6.45) is 9.47. The van der Waals surface area contributed by atoms with Crippen molar-refractivity contribution in [3.05, 3.63) is 66.6 Å². The van der Waals surface area contributed by atoms with E-state index in [2.05, 4.69) is 42.7 Å². The molecule has 1 saturated carbocycles. The number of hydrogen-bond donors (Lipinski definition) is 3. The van der Waals surface area contributed by atoms with Gasteiger partial charge in [0.25, 0.3) is 0 Å². The molecule has 2 unspecified atom stereocenters. The Balaban J connectivity index is 1.23. The molecule has 5 heterocycles. The van der Waals surface area contributed by atoms with Crippen LogP contribution in [0.3, 0.4) is 0 Å². The van der Waals surface area contributed by atoms with Crippen molar-refractivity contribution in [3.8, 4) is 11.8 Å². The van der Waals surface area contributed by atoms with Crippen LogP contribution < -0.4 is 25.6 Å². The fourth-order valence-corrected chi connectivity index (χ4v) is 6.75. The van der Waals surface area contributed by atoms with Crippen molar-refractivity contribution in [2.24, 2.45) is 0 Å². The highest BCUT2D eigenvalue weighted by molar-refractivity contribution is 8.01. The number of rotatable bonds is 7. The van der Waals surface area contributed by atoms with Gasteiger partial charge in [-0.2, -0.15) is 5.10 Å². The summed E-state index contributed by atoms with van der Waals surface area (Å²) in [5, 5.41) is 16.9. The van der Waals surface area contributed by atoms with E-state index >= 15 is 0 Å². The zero-order valence-corrected chi connectivity index (χ0v) is 23.1. The summed E-state index contributed by atoms with van der Waals surface area (Å²) in [6, 6.07) is 5.57. The Morgan fingerprint density at radius 3 is 2.66 bits per heavy atom. The van der Waals surface area contributed by atoms with Crippen molar-refractivity contribution in [1.29, 1.82) is 0 Å². The van der Waals surface area contributed by atoms with E-state index in [1.807, 2.05) is 6.92 Å². The topological polar surface area (TPSA) is 151 Å². The molecule has 210 valence electrons. The van der Waals surface area contributed by atoms with Crippen LogP contribution in [0.5, 0.6) is 11.8 Å². The molecule has 3 N–H and O–H groups in total. The van der Waals surface area contributed by atoms with Crippen LogP contribution in [0.15, 0.2) is 60.5 Å². The van der Waals surface area contributed by atoms with E-state index in [1.165, 1.54) is 17.8 Å². The number of aromatic nitrogens is 4. The number of ether oxygens (including phenoxy) is 1. The van der Waals surface area contributed by atoms with Crippen molar-refractivity contribution in [1.82, 2.24) is 36.1 Å². The Morgan fingerprint density at radius 1 is 1.12 bits per heavy atom. The number of pyridine rings is 2. The van der Waals surface area contributed by atoms with Gasteiger partial charge in [0.15, 0.2) is 0 Å². The number of aryl methyl sites for hydroxylation is 1.